The van der Waals surface area contributed by atoms with Crippen molar-refractivity contribution in [3.63, 3.8) is 0 Å². The average Bonchev–Trinajstić information content (AvgIpc) is 3.58. The number of methoxy groups -OCH3 is 1. The van der Waals surface area contributed by atoms with E-state index < -0.39 is 65.8 Å². The Labute approximate surface area is 319 Å². The molecule has 2 aromatic carbocycles. The number of fused-ring (bicyclic) bond motifs is 2. The number of carbonyl (C=O) groups excluding carboxylic acids is 5. The number of para-hydroxylation sites is 2. The van der Waals surface area contributed by atoms with Gasteiger partial charge in [0.15, 0.2) is 0 Å². The minimum absolute atomic E-state index is 0.200. The highest BCUT2D eigenvalue weighted by Crippen LogP contribution is 2.23. The molecule has 4 aromatic rings. The molecule has 55 heavy (non-hydrogen) atoms. The lowest BCUT2D eigenvalue weighted by atomic mass is 10.0. The third kappa shape index (κ3) is 13.7. The third-order valence-electron chi connectivity index (χ3n) is 7.87. The van der Waals surface area contributed by atoms with Gasteiger partial charge in [-0.05, 0) is 64.8 Å². The van der Waals surface area contributed by atoms with E-state index in [-0.39, 0.29) is 19.4 Å². The lowest BCUT2D eigenvalue weighted by molar-refractivity contribution is -0.141. The molecule has 16 nitrogen and oxygen atoms in total. The van der Waals surface area contributed by atoms with Crippen molar-refractivity contribution < 1.29 is 48.1 Å². The number of alkyl carbamates (subject to hydrolysis) is 2. The van der Waals surface area contributed by atoms with Gasteiger partial charge in [0, 0.05) is 61.1 Å². The molecule has 16 heteroatoms. The van der Waals surface area contributed by atoms with Crippen molar-refractivity contribution in [1.29, 1.82) is 0 Å². The summed E-state index contributed by atoms with van der Waals surface area (Å²) in [5, 5.41) is 20.7. The minimum atomic E-state index is -1.16. The number of carbonyl (C=O) groups is 6. The van der Waals surface area contributed by atoms with E-state index in [1.807, 2.05) is 84.2 Å². The van der Waals surface area contributed by atoms with Gasteiger partial charge < -0.3 is 49.7 Å². The maximum atomic E-state index is 12.6. The van der Waals surface area contributed by atoms with E-state index in [4.69, 9.17) is 14.6 Å². The van der Waals surface area contributed by atoms with Crippen molar-refractivity contribution in [3.8, 4) is 0 Å². The zero-order valence-corrected chi connectivity index (χ0v) is 32.8. The molecule has 0 saturated carbocycles. The van der Waals surface area contributed by atoms with E-state index in [0.29, 0.717) is 0 Å². The summed E-state index contributed by atoms with van der Waals surface area (Å²) < 4.78 is 18.9. The van der Waals surface area contributed by atoms with Gasteiger partial charge in [-0.2, -0.15) is 0 Å². The van der Waals surface area contributed by atoms with Gasteiger partial charge in [0.1, 0.15) is 36.4 Å². The summed E-state index contributed by atoms with van der Waals surface area (Å²) in [5.41, 5.74) is 2.35. The molecule has 0 saturated heterocycles. The molecule has 0 aliphatic heterocycles. The Morgan fingerprint density at radius 1 is 0.655 bits per heavy atom. The molecule has 2 heterocycles. The summed E-state index contributed by atoms with van der Waals surface area (Å²) in [6, 6.07) is 13.6. The van der Waals surface area contributed by atoms with Crippen molar-refractivity contribution in [1.82, 2.24) is 30.4 Å². The van der Waals surface area contributed by atoms with E-state index in [2.05, 4.69) is 26.0 Å². The number of aromatic nitrogens is 2. The molecule has 2 atom stereocenters. The first kappa shape index (κ1) is 43.3. The number of hydrogen-bond donors (Lipinski definition) is 5. The smallest absolute Gasteiger partial charge is 0.408 e. The largest absolute Gasteiger partial charge is 0.480 e. The predicted octanol–water partition coefficient (Wildman–Crippen LogP) is 3.72. The highest BCUT2D eigenvalue weighted by molar-refractivity contribution is 5.91. The van der Waals surface area contributed by atoms with Crippen LogP contribution in [0.15, 0.2) is 60.9 Å². The summed E-state index contributed by atoms with van der Waals surface area (Å²) >= 11 is 0. The van der Waals surface area contributed by atoms with Crippen molar-refractivity contribution in [2.75, 3.05) is 20.2 Å². The Hall–Kier alpha value is -6.06. The number of nitrogens with one attached hydrogen (secondary N) is 4. The summed E-state index contributed by atoms with van der Waals surface area (Å²) in [6.07, 6.45) is 2.81. The summed E-state index contributed by atoms with van der Waals surface area (Å²) in [7, 11) is 5.05. The van der Waals surface area contributed by atoms with Gasteiger partial charge in [0.2, 0.25) is 11.8 Å². The van der Waals surface area contributed by atoms with Crippen molar-refractivity contribution in [2.45, 2.75) is 77.7 Å². The summed E-state index contributed by atoms with van der Waals surface area (Å²) in [6.45, 7) is 9.57. The number of amides is 4. The molecule has 0 fully saturated rings. The molecule has 4 amide bonds. The number of hydrogen-bond acceptors (Lipinski definition) is 9. The van der Waals surface area contributed by atoms with E-state index in [9.17, 15) is 28.8 Å². The Kier molecular flexibility index (Phi) is 14.8. The molecule has 5 N–H and O–H groups in total. The van der Waals surface area contributed by atoms with Crippen LogP contribution in [0.25, 0.3) is 21.8 Å². The van der Waals surface area contributed by atoms with Gasteiger partial charge in [-0.1, -0.05) is 36.4 Å². The highest BCUT2D eigenvalue weighted by Gasteiger charge is 2.28. The number of aliphatic carboxylic acids is 1. The summed E-state index contributed by atoms with van der Waals surface area (Å²) in [5.74, 6) is -2.82. The topological polar surface area (TPSA) is 208 Å². The molecular weight excluding hydrogens is 712 g/mol. The Balaban J connectivity index is 0.000000296. The monoisotopic (exact) mass is 764 g/mol. The van der Waals surface area contributed by atoms with E-state index in [1.54, 1.807) is 41.5 Å². The van der Waals surface area contributed by atoms with Gasteiger partial charge in [-0.3, -0.25) is 19.2 Å². The second-order valence-electron chi connectivity index (χ2n) is 14.8. The number of benzene rings is 2. The van der Waals surface area contributed by atoms with Crippen LogP contribution in [0.5, 0.6) is 0 Å². The second-order valence-corrected chi connectivity index (χ2v) is 14.8. The van der Waals surface area contributed by atoms with Crippen molar-refractivity contribution in [3.05, 3.63) is 72.1 Å². The van der Waals surface area contributed by atoms with Crippen molar-refractivity contribution in [2.24, 2.45) is 14.1 Å². The normalized spacial score (nSPS) is 12.4. The number of rotatable bonds is 12. The molecular formula is C39H52N6O10. The average molecular weight is 765 g/mol. The predicted molar refractivity (Wildman–Crippen MR) is 205 cm³/mol. The van der Waals surface area contributed by atoms with E-state index in [0.717, 1.165) is 32.9 Å². The SMILES string of the molecule is COC(=O)CNC(=O)[C@@H](Cc1cn(C)c2ccccc12)NC(=O)OC(C)(C)C.Cn1cc(C[C@@H](NC(=O)OC(C)(C)C)C(=O)NCC(=O)O)c2ccccc21. The lowest BCUT2D eigenvalue weighted by Crippen LogP contribution is -2.50. The number of nitrogens with zero attached hydrogens (tertiary/aromatic N) is 2. The maximum absolute atomic E-state index is 12.6. The molecule has 298 valence electrons. The molecule has 4 rings (SSSR count). The fourth-order valence-electron chi connectivity index (χ4n) is 5.58. The van der Waals surface area contributed by atoms with Crippen LogP contribution in [0.1, 0.15) is 52.7 Å². The molecule has 0 spiro atoms. The molecule has 0 aliphatic carbocycles. The Bertz CT molecular complexity index is 2000. The highest BCUT2D eigenvalue weighted by atomic mass is 16.6. The van der Waals surface area contributed by atoms with Gasteiger partial charge in [0.05, 0.1) is 7.11 Å². The third-order valence-corrected chi connectivity index (χ3v) is 7.87. The fraction of sp³-hybridized carbons (Fsp3) is 0.436. The zero-order valence-electron chi connectivity index (χ0n) is 32.8. The molecule has 0 unspecified atom stereocenters. The second kappa shape index (κ2) is 18.8. The quantitative estimate of drug-likeness (QED) is 0.104. The number of aryl methyl sites for hydroxylation is 2. The number of esters is 1. The Morgan fingerprint density at radius 3 is 1.40 bits per heavy atom. The molecule has 0 bridgehead atoms. The molecule has 0 radical (unpaired) electrons. The molecule has 0 aliphatic rings. The van der Waals surface area contributed by atoms with Gasteiger partial charge in [0.25, 0.3) is 0 Å². The van der Waals surface area contributed by atoms with Crippen molar-refractivity contribution >= 4 is 57.7 Å². The summed E-state index contributed by atoms with van der Waals surface area (Å²) in [4.78, 5) is 71.5. The Morgan fingerprint density at radius 2 is 1.04 bits per heavy atom. The van der Waals surface area contributed by atoms with Gasteiger partial charge in [-0.15, -0.1) is 0 Å². The first-order valence-electron chi connectivity index (χ1n) is 17.6. The zero-order chi connectivity index (χ0) is 41.1. The standard InChI is InChI=1S/C20H27N3O5.C19H25N3O5/c1-20(2,3)28-19(26)22-15(18(25)21-11-17(24)27-5)10-13-12-23(4)16-9-7-6-8-14(13)16;1-19(2,3)27-18(26)21-14(17(25)20-10-16(23)24)9-12-11-22(4)15-8-6-5-7-13(12)15/h6-9,12,15H,10-11H2,1-5H3,(H,21,25)(H,22,26);5-8,11,14H,9-10H2,1-4H3,(H,20,25)(H,21,26)(H,23,24)/t15-;14-/m11/s1. The van der Waals surface area contributed by atoms with Crippen LogP contribution in [-0.4, -0.2) is 93.7 Å². The number of carboxylic acid groups (broad SMARTS) is 1. The first-order valence-corrected chi connectivity index (χ1v) is 17.6. The van der Waals surface area contributed by atoms with Crippen LogP contribution in [0.3, 0.4) is 0 Å². The minimum Gasteiger partial charge on any atom is -0.480 e. The van der Waals surface area contributed by atoms with Crippen LogP contribution >= 0.6 is 0 Å². The van der Waals surface area contributed by atoms with Crippen LogP contribution in [0.2, 0.25) is 0 Å². The van der Waals surface area contributed by atoms with Crippen LogP contribution in [-0.2, 0) is 60.3 Å². The van der Waals surface area contributed by atoms with Gasteiger partial charge in [-0.25, -0.2) is 9.59 Å². The first-order chi connectivity index (χ1) is 25.7. The van der Waals surface area contributed by atoms with Crippen LogP contribution < -0.4 is 21.3 Å². The van der Waals surface area contributed by atoms with Gasteiger partial charge >= 0.3 is 24.1 Å². The lowest BCUT2D eigenvalue weighted by Gasteiger charge is -2.23. The van der Waals surface area contributed by atoms with E-state index in [1.165, 1.54) is 7.11 Å². The molecule has 2 aromatic heterocycles. The maximum Gasteiger partial charge on any atom is 0.408 e. The van der Waals surface area contributed by atoms with Crippen LogP contribution in [0.4, 0.5) is 9.59 Å². The number of carboxylic acids is 1. The van der Waals surface area contributed by atoms with Crippen LogP contribution in [0, 0.1) is 0 Å². The fourth-order valence-corrected chi connectivity index (χ4v) is 5.58. The van der Waals surface area contributed by atoms with E-state index >= 15 is 0 Å². The number of ether oxygens (including phenoxy) is 3.